The second-order valence-corrected chi connectivity index (χ2v) is 5.55. The summed E-state index contributed by atoms with van der Waals surface area (Å²) in [5, 5.41) is 0. The number of halogens is 1. The van der Waals surface area contributed by atoms with Crippen molar-refractivity contribution in [2.45, 2.75) is 31.0 Å². The summed E-state index contributed by atoms with van der Waals surface area (Å²) in [6.45, 7) is 2.35. The number of hydrogen-bond donors (Lipinski definition) is 0. The second-order valence-electron chi connectivity index (χ2n) is 4.37. The molecule has 0 saturated heterocycles. The summed E-state index contributed by atoms with van der Waals surface area (Å²) in [7, 11) is 2.08. The van der Waals surface area contributed by atoms with Crippen molar-refractivity contribution >= 4 is 15.9 Å². The SMILES string of the molecule is CC1C(Br)CCC1Cc1nccn1C. The number of imidazole rings is 1. The highest BCUT2D eigenvalue weighted by Crippen LogP contribution is 2.37. The van der Waals surface area contributed by atoms with Crippen molar-refractivity contribution in [3.05, 3.63) is 18.2 Å². The third-order valence-corrected chi connectivity index (χ3v) is 4.78. The number of rotatable bonds is 2. The van der Waals surface area contributed by atoms with Crippen LogP contribution in [-0.2, 0) is 13.5 Å². The third-order valence-electron chi connectivity index (χ3n) is 3.49. The van der Waals surface area contributed by atoms with Crippen molar-refractivity contribution in [3.63, 3.8) is 0 Å². The van der Waals surface area contributed by atoms with Crippen LogP contribution in [0.1, 0.15) is 25.6 Å². The maximum atomic E-state index is 4.39. The molecule has 1 aliphatic carbocycles. The highest BCUT2D eigenvalue weighted by atomic mass is 79.9. The summed E-state index contributed by atoms with van der Waals surface area (Å²) in [5.41, 5.74) is 0. The zero-order chi connectivity index (χ0) is 10.1. The van der Waals surface area contributed by atoms with Crippen LogP contribution in [0.5, 0.6) is 0 Å². The first-order valence-corrected chi connectivity index (χ1v) is 6.20. The largest absolute Gasteiger partial charge is 0.338 e. The molecule has 0 radical (unpaired) electrons. The lowest BCUT2D eigenvalue weighted by atomic mass is 9.94. The van der Waals surface area contributed by atoms with Crippen molar-refractivity contribution in [2.75, 3.05) is 0 Å². The smallest absolute Gasteiger partial charge is 0.108 e. The molecule has 1 aliphatic rings. The van der Waals surface area contributed by atoms with E-state index in [0.29, 0.717) is 4.83 Å². The quantitative estimate of drug-likeness (QED) is 0.745. The molecular formula is C11H17BrN2. The molecular weight excluding hydrogens is 240 g/mol. The molecule has 0 aliphatic heterocycles. The van der Waals surface area contributed by atoms with Gasteiger partial charge in [-0.25, -0.2) is 4.98 Å². The zero-order valence-corrected chi connectivity index (χ0v) is 10.4. The first kappa shape index (κ1) is 10.2. The van der Waals surface area contributed by atoms with Crippen LogP contribution in [0.15, 0.2) is 12.4 Å². The van der Waals surface area contributed by atoms with Crippen LogP contribution in [0.25, 0.3) is 0 Å². The highest BCUT2D eigenvalue weighted by molar-refractivity contribution is 9.09. The molecule has 0 N–H and O–H groups in total. The van der Waals surface area contributed by atoms with E-state index >= 15 is 0 Å². The summed E-state index contributed by atoms with van der Waals surface area (Å²) in [4.78, 5) is 5.10. The van der Waals surface area contributed by atoms with Crippen molar-refractivity contribution in [2.24, 2.45) is 18.9 Å². The number of aryl methyl sites for hydroxylation is 1. The molecule has 0 spiro atoms. The first-order chi connectivity index (χ1) is 6.68. The fraction of sp³-hybridized carbons (Fsp3) is 0.727. The third kappa shape index (κ3) is 1.88. The zero-order valence-electron chi connectivity index (χ0n) is 8.78. The van der Waals surface area contributed by atoms with Crippen molar-refractivity contribution in [1.29, 1.82) is 0 Å². The Kier molecular flexibility index (Phi) is 2.96. The molecule has 1 aromatic rings. The molecule has 1 heterocycles. The fourth-order valence-electron chi connectivity index (χ4n) is 2.31. The Labute approximate surface area is 93.9 Å². The second kappa shape index (κ2) is 4.05. The molecule has 1 fully saturated rings. The van der Waals surface area contributed by atoms with E-state index in [1.807, 2.05) is 12.4 Å². The molecule has 2 nitrogen and oxygen atoms in total. The van der Waals surface area contributed by atoms with Gasteiger partial charge in [0.15, 0.2) is 0 Å². The summed E-state index contributed by atoms with van der Waals surface area (Å²) in [6.07, 6.45) is 7.70. The van der Waals surface area contributed by atoms with Gasteiger partial charge in [0, 0.05) is 30.7 Å². The molecule has 1 saturated carbocycles. The summed E-state index contributed by atoms with van der Waals surface area (Å²) >= 11 is 3.74. The molecule has 2 rings (SSSR count). The van der Waals surface area contributed by atoms with Gasteiger partial charge in [-0.1, -0.05) is 22.9 Å². The van der Waals surface area contributed by atoms with Gasteiger partial charge < -0.3 is 4.57 Å². The van der Waals surface area contributed by atoms with E-state index in [-0.39, 0.29) is 0 Å². The lowest BCUT2D eigenvalue weighted by Crippen LogP contribution is -2.15. The average Bonchev–Trinajstić information content (AvgIpc) is 2.68. The van der Waals surface area contributed by atoms with Gasteiger partial charge in [-0.2, -0.15) is 0 Å². The van der Waals surface area contributed by atoms with Gasteiger partial charge in [-0.05, 0) is 24.7 Å². The van der Waals surface area contributed by atoms with Gasteiger partial charge in [0.2, 0.25) is 0 Å². The fourth-order valence-corrected chi connectivity index (χ4v) is 3.01. The number of hydrogen-bond acceptors (Lipinski definition) is 1. The predicted molar refractivity (Wildman–Crippen MR) is 61.5 cm³/mol. The van der Waals surface area contributed by atoms with Gasteiger partial charge in [0.05, 0.1) is 0 Å². The summed E-state index contributed by atoms with van der Waals surface area (Å²) in [6, 6.07) is 0. The monoisotopic (exact) mass is 256 g/mol. The van der Waals surface area contributed by atoms with Crippen LogP contribution in [0.2, 0.25) is 0 Å². The maximum absolute atomic E-state index is 4.39. The minimum atomic E-state index is 0.716. The molecule has 0 bridgehead atoms. The van der Waals surface area contributed by atoms with Crippen molar-refractivity contribution in [3.8, 4) is 0 Å². The predicted octanol–water partition coefficient (Wildman–Crippen LogP) is 2.77. The Morgan fingerprint density at radius 1 is 1.57 bits per heavy atom. The molecule has 0 aromatic carbocycles. The van der Waals surface area contributed by atoms with E-state index in [4.69, 9.17) is 0 Å². The minimum absolute atomic E-state index is 0.716. The Balaban J connectivity index is 2.02. The minimum Gasteiger partial charge on any atom is -0.338 e. The van der Waals surface area contributed by atoms with Gasteiger partial charge in [0.1, 0.15) is 5.82 Å². The van der Waals surface area contributed by atoms with Gasteiger partial charge in [-0.15, -0.1) is 0 Å². The lowest BCUT2D eigenvalue weighted by molar-refractivity contribution is 0.411. The molecule has 3 atom stereocenters. The van der Waals surface area contributed by atoms with E-state index in [2.05, 4.69) is 39.5 Å². The van der Waals surface area contributed by atoms with Gasteiger partial charge >= 0.3 is 0 Å². The van der Waals surface area contributed by atoms with E-state index in [9.17, 15) is 0 Å². The van der Waals surface area contributed by atoms with Gasteiger partial charge in [-0.3, -0.25) is 0 Å². The topological polar surface area (TPSA) is 17.8 Å². The summed E-state index contributed by atoms with van der Waals surface area (Å²) < 4.78 is 2.13. The first-order valence-electron chi connectivity index (χ1n) is 5.28. The van der Waals surface area contributed by atoms with Crippen LogP contribution >= 0.6 is 15.9 Å². The standard InChI is InChI=1S/C11H17BrN2/c1-8-9(3-4-10(8)12)7-11-13-5-6-14(11)2/h5-6,8-10H,3-4,7H2,1-2H3. The Hall–Kier alpha value is -0.310. The van der Waals surface area contributed by atoms with E-state index in [0.717, 1.165) is 18.3 Å². The average molecular weight is 257 g/mol. The molecule has 3 unspecified atom stereocenters. The van der Waals surface area contributed by atoms with Crippen LogP contribution in [0, 0.1) is 11.8 Å². The Morgan fingerprint density at radius 2 is 2.36 bits per heavy atom. The van der Waals surface area contributed by atoms with Crippen LogP contribution in [0.3, 0.4) is 0 Å². The molecule has 1 aromatic heterocycles. The molecule has 78 valence electrons. The number of alkyl halides is 1. The van der Waals surface area contributed by atoms with Crippen LogP contribution in [-0.4, -0.2) is 14.4 Å². The number of aromatic nitrogens is 2. The number of nitrogens with zero attached hydrogens (tertiary/aromatic N) is 2. The molecule has 14 heavy (non-hydrogen) atoms. The van der Waals surface area contributed by atoms with E-state index in [1.54, 1.807) is 0 Å². The molecule has 3 heteroatoms. The van der Waals surface area contributed by atoms with Crippen LogP contribution < -0.4 is 0 Å². The van der Waals surface area contributed by atoms with Crippen LogP contribution in [0.4, 0.5) is 0 Å². The highest BCUT2D eigenvalue weighted by Gasteiger charge is 2.31. The Morgan fingerprint density at radius 3 is 2.86 bits per heavy atom. The van der Waals surface area contributed by atoms with Crippen molar-refractivity contribution < 1.29 is 0 Å². The molecule has 0 amide bonds. The van der Waals surface area contributed by atoms with E-state index < -0.39 is 0 Å². The van der Waals surface area contributed by atoms with Crippen molar-refractivity contribution in [1.82, 2.24) is 9.55 Å². The van der Waals surface area contributed by atoms with E-state index in [1.165, 1.54) is 18.7 Å². The normalized spacial score (nSPS) is 32.4. The summed E-state index contributed by atoms with van der Waals surface area (Å²) in [5.74, 6) is 2.82. The maximum Gasteiger partial charge on any atom is 0.108 e. The lowest BCUT2D eigenvalue weighted by Gasteiger charge is -2.16. The van der Waals surface area contributed by atoms with Gasteiger partial charge in [0.25, 0.3) is 0 Å². The Bertz CT molecular complexity index is 308.